The van der Waals surface area contributed by atoms with Gasteiger partial charge in [0.15, 0.2) is 0 Å². The number of carbonyl (C=O) groups is 1. The SMILES string of the molecule is CCn1cc(N)cc1C(=O)N(C)C1CCC(C)CC1. The Kier molecular flexibility index (Phi) is 4.17. The quantitative estimate of drug-likeness (QED) is 0.911. The van der Waals surface area contributed by atoms with Crippen molar-refractivity contribution in [3.63, 3.8) is 0 Å². The molecule has 0 unspecified atom stereocenters. The van der Waals surface area contributed by atoms with Gasteiger partial charge >= 0.3 is 0 Å². The van der Waals surface area contributed by atoms with Crippen LogP contribution in [-0.4, -0.2) is 28.5 Å². The summed E-state index contributed by atoms with van der Waals surface area (Å²) in [6, 6.07) is 2.17. The fourth-order valence-corrected chi connectivity index (χ4v) is 2.95. The molecule has 2 rings (SSSR count). The number of hydrogen-bond acceptors (Lipinski definition) is 2. The van der Waals surface area contributed by atoms with Gasteiger partial charge in [-0.1, -0.05) is 6.92 Å². The number of nitrogens with zero attached hydrogens (tertiary/aromatic N) is 2. The van der Waals surface area contributed by atoms with Gasteiger partial charge in [-0.15, -0.1) is 0 Å². The van der Waals surface area contributed by atoms with E-state index in [0.29, 0.717) is 17.4 Å². The minimum absolute atomic E-state index is 0.0955. The standard InChI is InChI=1S/C15H25N3O/c1-4-18-10-12(16)9-14(18)15(19)17(3)13-7-5-11(2)6-8-13/h9-11,13H,4-8,16H2,1-3H3. The second kappa shape index (κ2) is 5.68. The van der Waals surface area contributed by atoms with Crippen molar-refractivity contribution >= 4 is 11.6 Å². The van der Waals surface area contributed by atoms with Crippen molar-refractivity contribution in [1.29, 1.82) is 0 Å². The van der Waals surface area contributed by atoms with Gasteiger partial charge < -0.3 is 15.2 Å². The number of nitrogen functional groups attached to an aromatic ring is 1. The lowest BCUT2D eigenvalue weighted by Crippen LogP contribution is -2.40. The zero-order valence-corrected chi connectivity index (χ0v) is 12.2. The number of nitrogens with two attached hydrogens (primary N) is 1. The third-order valence-corrected chi connectivity index (χ3v) is 4.33. The van der Waals surface area contributed by atoms with Crippen LogP contribution in [0.1, 0.15) is 50.0 Å². The molecule has 2 N–H and O–H groups in total. The maximum absolute atomic E-state index is 12.6. The average molecular weight is 263 g/mol. The summed E-state index contributed by atoms with van der Waals surface area (Å²) >= 11 is 0. The highest BCUT2D eigenvalue weighted by Crippen LogP contribution is 2.27. The molecule has 0 spiro atoms. The highest BCUT2D eigenvalue weighted by molar-refractivity contribution is 5.93. The zero-order valence-electron chi connectivity index (χ0n) is 12.2. The lowest BCUT2D eigenvalue weighted by Gasteiger charge is -2.33. The third-order valence-electron chi connectivity index (χ3n) is 4.33. The van der Waals surface area contributed by atoms with Crippen LogP contribution in [-0.2, 0) is 6.54 Å². The van der Waals surface area contributed by atoms with Crippen molar-refractivity contribution in [3.05, 3.63) is 18.0 Å². The van der Waals surface area contributed by atoms with Gasteiger partial charge in [0.05, 0.1) is 5.69 Å². The second-order valence-electron chi connectivity index (χ2n) is 5.77. The maximum atomic E-state index is 12.6. The summed E-state index contributed by atoms with van der Waals surface area (Å²) in [6.07, 6.45) is 6.51. The van der Waals surface area contributed by atoms with E-state index in [1.165, 1.54) is 12.8 Å². The minimum atomic E-state index is 0.0955. The van der Waals surface area contributed by atoms with Crippen LogP contribution in [0.4, 0.5) is 5.69 Å². The summed E-state index contributed by atoms with van der Waals surface area (Å²) in [7, 11) is 1.92. The first-order valence-corrected chi connectivity index (χ1v) is 7.25. The van der Waals surface area contributed by atoms with Crippen LogP contribution in [0.15, 0.2) is 12.3 Å². The van der Waals surface area contributed by atoms with Crippen LogP contribution < -0.4 is 5.73 Å². The molecule has 0 aromatic carbocycles. The molecule has 0 radical (unpaired) electrons. The average Bonchev–Trinajstić information content (AvgIpc) is 2.79. The van der Waals surface area contributed by atoms with Crippen molar-refractivity contribution < 1.29 is 4.79 Å². The number of anilines is 1. The van der Waals surface area contributed by atoms with Gasteiger partial charge in [0, 0.05) is 25.8 Å². The summed E-state index contributed by atoms with van der Waals surface area (Å²) in [5.74, 6) is 0.896. The topological polar surface area (TPSA) is 51.3 Å². The lowest BCUT2D eigenvalue weighted by molar-refractivity contribution is 0.0669. The van der Waals surface area contributed by atoms with E-state index < -0.39 is 0 Å². The highest BCUT2D eigenvalue weighted by Gasteiger charge is 2.26. The smallest absolute Gasteiger partial charge is 0.270 e. The molecule has 1 fully saturated rings. The first-order valence-electron chi connectivity index (χ1n) is 7.25. The number of aryl methyl sites for hydroxylation is 1. The van der Waals surface area contributed by atoms with E-state index in [2.05, 4.69) is 6.92 Å². The lowest BCUT2D eigenvalue weighted by atomic mass is 9.86. The molecule has 106 valence electrons. The van der Waals surface area contributed by atoms with E-state index in [4.69, 9.17) is 5.73 Å². The van der Waals surface area contributed by atoms with Crippen molar-refractivity contribution in [2.24, 2.45) is 5.92 Å². The van der Waals surface area contributed by atoms with Crippen LogP contribution in [0.2, 0.25) is 0 Å². The Bertz CT molecular complexity index is 444. The van der Waals surface area contributed by atoms with Crippen molar-refractivity contribution in [1.82, 2.24) is 9.47 Å². The summed E-state index contributed by atoms with van der Waals surface area (Å²) in [4.78, 5) is 14.5. The van der Waals surface area contributed by atoms with E-state index in [1.54, 1.807) is 6.07 Å². The van der Waals surface area contributed by atoms with Gasteiger partial charge in [0.2, 0.25) is 0 Å². The number of carbonyl (C=O) groups excluding carboxylic acids is 1. The Labute approximate surface area is 115 Å². The van der Waals surface area contributed by atoms with Gasteiger partial charge in [0.25, 0.3) is 5.91 Å². The van der Waals surface area contributed by atoms with Gasteiger partial charge in [-0.3, -0.25) is 4.79 Å². The molecule has 1 aromatic rings. The summed E-state index contributed by atoms with van der Waals surface area (Å²) in [5, 5.41) is 0. The monoisotopic (exact) mass is 263 g/mol. The molecule has 1 aliphatic carbocycles. The van der Waals surface area contributed by atoms with Crippen LogP contribution in [0.3, 0.4) is 0 Å². The maximum Gasteiger partial charge on any atom is 0.270 e. The molecule has 0 saturated heterocycles. The Morgan fingerprint density at radius 3 is 2.63 bits per heavy atom. The first kappa shape index (κ1) is 14.0. The molecule has 1 heterocycles. The molecule has 4 nitrogen and oxygen atoms in total. The van der Waals surface area contributed by atoms with Crippen molar-refractivity contribution in [3.8, 4) is 0 Å². The predicted octanol–water partition coefficient (Wildman–Crippen LogP) is 2.74. The van der Waals surface area contributed by atoms with E-state index in [0.717, 1.165) is 25.3 Å². The van der Waals surface area contributed by atoms with E-state index in [9.17, 15) is 4.79 Å². The molecule has 4 heteroatoms. The van der Waals surface area contributed by atoms with Gasteiger partial charge in [-0.2, -0.15) is 0 Å². The largest absolute Gasteiger partial charge is 0.397 e. The van der Waals surface area contributed by atoms with Crippen LogP contribution in [0.5, 0.6) is 0 Å². The number of hydrogen-bond donors (Lipinski definition) is 1. The Morgan fingerprint density at radius 1 is 1.42 bits per heavy atom. The molecule has 1 saturated carbocycles. The Morgan fingerprint density at radius 2 is 2.05 bits per heavy atom. The van der Waals surface area contributed by atoms with Crippen molar-refractivity contribution in [2.75, 3.05) is 12.8 Å². The second-order valence-corrected chi connectivity index (χ2v) is 5.77. The molecule has 1 aromatic heterocycles. The normalized spacial score (nSPS) is 23.3. The summed E-state index contributed by atoms with van der Waals surface area (Å²) in [6.45, 7) is 5.09. The van der Waals surface area contributed by atoms with Gasteiger partial charge in [0.1, 0.15) is 5.69 Å². The predicted molar refractivity (Wildman–Crippen MR) is 78.0 cm³/mol. The van der Waals surface area contributed by atoms with Crippen LogP contribution >= 0.6 is 0 Å². The summed E-state index contributed by atoms with van der Waals surface area (Å²) < 4.78 is 1.93. The number of amides is 1. The number of rotatable bonds is 3. The van der Waals surface area contributed by atoms with E-state index in [1.807, 2.05) is 29.6 Å². The summed E-state index contributed by atoms with van der Waals surface area (Å²) in [5.41, 5.74) is 7.17. The fourth-order valence-electron chi connectivity index (χ4n) is 2.95. The fraction of sp³-hybridized carbons (Fsp3) is 0.667. The van der Waals surface area contributed by atoms with Crippen molar-refractivity contribution in [2.45, 2.75) is 52.1 Å². The highest BCUT2D eigenvalue weighted by atomic mass is 16.2. The third kappa shape index (κ3) is 2.94. The van der Waals surface area contributed by atoms with E-state index >= 15 is 0 Å². The van der Waals surface area contributed by atoms with E-state index in [-0.39, 0.29) is 5.91 Å². The Hall–Kier alpha value is -1.45. The molecule has 0 aliphatic heterocycles. The first-order chi connectivity index (χ1) is 9.02. The molecule has 0 bridgehead atoms. The molecule has 19 heavy (non-hydrogen) atoms. The van der Waals surface area contributed by atoms with Crippen LogP contribution in [0.25, 0.3) is 0 Å². The molecule has 1 aliphatic rings. The zero-order chi connectivity index (χ0) is 14.0. The molecular formula is C15H25N3O. The Balaban J connectivity index is 2.10. The number of aromatic nitrogens is 1. The molecular weight excluding hydrogens is 238 g/mol. The minimum Gasteiger partial charge on any atom is -0.397 e. The van der Waals surface area contributed by atoms with Gasteiger partial charge in [-0.05, 0) is 44.6 Å². The van der Waals surface area contributed by atoms with Crippen LogP contribution in [0, 0.1) is 5.92 Å². The molecule has 0 atom stereocenters. The molecule has 1 amide bonds. The van der Waals surface area contributed by atoms with Gasteiger partial charge in [-0.25, -0.2) is 0 Å².